The number of alkyl halides is 3. The monoisotopic (exact) mass is 357 g/mol. The summed E-state index contributed by atoms with van der Waals surface area (Å²) in [6.07, 6.45) is -4.32. The summed E-state index contributed by atoms with van der Waals surface area (Å²) in [6, 6.07) is 5.13. The van der Waals surface area contributed by atoms with E-state index in [-0.39, 0.29) is 11.9 Å². The van der Waals surface area contributed by atoms with E-state index in [9.17, 15) is 18.0 Å². The summed E-state index contributed by atoms with van der Waals surface area (Å²) in [5.74, 6) is 0.0402. The fraction of sp³-hybridized carbons (Fsp3) is 0.588. The van der Waals surface area contributed by atoms with Crippen LogP contribution in [0.5, 0.6) is 0 Å². The zero-order valence-corrected chi connectivity index (χ0v) is 13.9. The van der Waals surface area contributed by atoms with Gasteiger partial charge in [0.2, 0.25) is 5.91 Å². The second-order valence-electron chi connectivity index (χ2n) is 6.38. The van der Waals surface area contributed by atoms with Gasteiger partial charge in [-0.25, -0.2) is 0 Å². The third kappa shape index (κ3) is 4.71. The Morgan fingerprint density at radius 2 is 2.00 bits per heavy atom. The molecule has 138 valence electrons. The Kier molecular flexibility index (Phi) is 5.61. The minimum absolute atomic E-state index is 0.0402. The molecule has 1 atom stereocenters. The van der Waals surface area contributed by atoms with Crippen LogP contribution < -0.4 is 5.32 Å². The van der Waals surface area contributed by atoms with Crippen molar-refractivity contribution in [1.29, 1.82) is 0 Å². The van der Waals surface area contributed by atoms with Crippen LogP contribution in [-0.2, 0) is 22.3 Å². The molecule has 1 unspecified atom stereocenters. The maximum absolute atomic E-state index is 12.8. The number of rotatable bonds is 3. The Bertz CT molecular complexity index is 595. The van der Waals surface area contributed by atoms with Gasteiger partial charge in [0.25, 0.3) is 0 Å². The van der Waals surface area contributed by atoms with Crippen LogP contribution in [0, 0.1) is 0 Å². The SMILES string of the molecule is O=C(C1COCCN1)N1CCN(Cc2cccc(C(F)(F)F)c2)CC1. The number of hydrogen-bond acceptors (Lipinski definition) is 4. The highest BCUT2D eigenvalue weighted by atomic mass is 19.4. The number of carbonyl (C=O) groups is 1. The van der Waals surface area contributed by atoms with E-state index in [1.54, 1.807) is 11.0 Å². The first-order valence-electron chi connectivity index (χ1n) is 8.42. The van der Waals surface area contributed by atoms with Crippen LogP contribution in [0.1, 0.15) is 11.1 Å². The molecule has 2 saturated heterocycles. The summed E-state index contributed by atoms with van der Waals surface area (Å²) in [5, 5.41) is 3.15. The lowest BCUT2D eigenvalue weighted by Gasteiger charge is -2.37. The molecule has 0 aliphatic carbocycles. The molecule has 2 heterocycles. The number of piperazine rings is 1. The predicted octanol–water partition coefficient (Wildman–Crippen LogP) is 1.34. The van der Waals surface area contributed by atoms with E-state index < -0.39 is 11.7 Å². The molecule has 8 heteroatoms. The fourth-order valence-electron chi connectivity index (χ4n) is 3.18. The van der Waals surface area contributed by atoms with Crippen molar-refractivity contribution in [3.63, 3.8) is 0 Å². The van der Waals surface area contributed by atoms with E-state index >= 15 is 0 Å². The van der Waals surface area contributed by atoms with E-state index in [4.69, 9.17) is 4.74 Å². The highest BCUT2D eigenvalue weighted by Gasteiger charge is 2.31. The van der Waals surface area contributed by atoms with Crippen molar-refractivity contribution in [3.8, 4) is 0 Å². The molecular formula is C17H22F3N3O2. The first-order valence-corrected chi connectivity index (χ1v) is 8.42. The van der Waals surface area contributed by atoms with Crippen molar-refractivity contribution < 1.29 is 22.7 Å². The lowest BCUT2D eigenvalue weighted by molar-refractivity contribution is -0.139. The molecule has 0 radical (unpaired) electrons. The molecule has 3 rings (SSSR count). The first-order chi connectivity index (χ1) is 11.9. The van der Waals surface area contributed by atoms with Crippen LogP contribution in [0.15, 0.2) is 24.3 Å². The quantitative estimate of drug-likeness (QED) is 0.887. The summed E-state index contributed by atoms with van der Waals surface area (Å²) in [4.78, 5) is 16.3. The zero-order chi connectivity index (χ0) is 17.9. The van der Waals surface area contributed by atoms with Crippen LogP contribution in [0.4, 0.5) is 13.2 Å². The van der Waals surface area contributed by atoms with E-state index in [0.717, 1.165) is 6.07 Å². The molecule has 2 aliphatic rings. The van der Waals surface area contributed by atoms with Crippen molar-refractivity contribution in [2.75, 3.05) is 45.9 Å². The molecule has 2 fully saturated rings. The number of benzene rings is 1. The van der Waals surface area contributed by atoms with Crippen LogP contribution in [0.25, 0.3) is 0 Å². The molecule has 1 aromatic rings. The van der Waals surface area contributed by atoms with Gasteiger partial charge in [0.05, 0.1) is 18.8 Å². The number of carbonyl (C=O) groups excluding carboxylic acids is 1. The van der Waals surface area contributed by atoms with Gasteiger partial charge in [-0.3, -0.25) is 9.69 Å². The van der Waals surface area contributed by atoms with Crippen LogP contribution >= 0.6 is 0 Å². The predicted molar refractivity (Wildman–Crippen MR) is 85.9 cm³/mol. The Labute approximate surface area is 144 Å². The minimum Gasteiger partial charge on any atom is -0.378 e. The number of amides is 1. The van der Waals surface area contributed by atoms with Gasteiger partial charge in [-0.15, -0.1) is 0 Å². The lowest BCUT2D eigenvalue weighted by Crippen LogP contribution is -2.57. The van der Waals surface area contributed by atoms with Crippen molar-refractivity contribution in [2.24, 2.45) is 0 Å². The number of nitrogens with one attached hydrogen (secondary N) is 1. The summed E-state index contributed by atoms with van der Waals surface area (Å²) in [5.41, 5.74) is 0.0131. The minimum atomic E-state index is -4.32. The zero-order valence-electron chi connectivity index (χ0n) is 13.9. The number of morpholine rings is 1. The standard InChI is InChI=1S/C17H22F3N3O2/c18-17(19,20)14-3-1-2-13(10-14)11-22-5-7-23(8-6-22)16(24)15-12-25-9-4-21-15/h1-3,10,15,21H,4-9,11-12H2. The van der Waals surface area contributed by atoms with E-state index in [1.807, 2.05) is 0 Å². The maximum atomic E-state index is 12.8. The Hall–Kier alpha value is -1.64. The average Bonchev–Trinajstić information content (AvgIpc) is 2.62. The molecule has 0 saturated carbocycles. The highest BCUT2D eigenvalue weighted by molar-refractivity contribution is 5.82. The van der Waals surface area contributed by atoms with Crippen LogP contribution in [-0.4, -0.2) is 67.7 Å². The van der Waals surface area contributed by atoms with Gasteiger partial charge in [0.15, 0.2) is 0 Å². The van der Waals surface area contributed by atoms with Gasteiger partial charge >= 0.3 is 6.18 Å². The molecule has 1 amide bonds. The third-order valence-electron chi connectivity index (χ3n) is 4.56. The fourth-order valence-corrected chi connectivity index (χ4v) is 3.18. The molecule has 2 aliphatic heterocycles. The van der Waals surface area contributed by atoms with E-state index in [2.05, 4.69) is 10.2 Å². The Balaban J connectivity index is 1.52. The highest BCUT2D eigenvalue weighted by Crippen LogP contribution is 2.29. The van der Waals surface area contributed by atoms with Crippen LogP contribution in [0.2, 0.25) is 0 Å². The molecule has 0 bridgehead atoms. The topological polar surface area (TPSA) is 44.8 Å². The van der Waals surface area contributed by atoms with Crippen molar-refractivity contribution in [2.45, 2.75) is 18.8 Å². The molecular weight excluding hydrogens is 335 g/mol. The lowest BCUT2D eigenvalue weighted by atomic mass is 10.1. The normalized spacial score (nSPS) is 22.8. The van der Waals surface area contributed by atoms with Crippen molar-refractivity contribution in [1.82, 2.24) is 15.1 Å². The summed E-state index contributed by atoms with van der Waals surface area (Å²) < 4.78 is 43.7. The number of hydrogen-bond donors (Lipinski definition) is 1. The molecule has 5 nitrogen and oxygen atoms in total. The van der Waals surface area contributed by atoms with Gasteiger partial charge in [-0.1, -0.05) is 18.2 Å². The third-order valence-corrected chi connectivity index (χ3v) is 4.56. The number of halogens is 3. The van der Waals surface area contributed by atoms with Gasteiger partial charge in [0.1, 0.15) is 6.04 Å². The Morgan fingerprint density at radius 1 is 1.24 bits per heavy atom. The van der Waals surface area contributed by atoms with Gasteiger partial charge < -0.3 is 15.0 Å². The molecule has 0 aromatic heterocycles. The summed E-state index contributed by atoms with van der Waals surface area (Å²) in [6.45, 7) is 4.59. The molecule has 1 N–H and O–H groups in total. The Morgan fingerprint density at radius 3 is 2.64 bits per heavy atom. The van der Waals surface area contributed by atoms with Crippen LogP contribution in [0.3, 0.4) is 0 Å². The molecule has 0 spiro atoms. The second kappa shape index (κ2) is 7.72. The van der Waals surface area contributed by atoms with Gasteiger partial charge in [0, 0.05) is 39.3 Å². The number of nitrogens with zero attached hydrogens (tertiary/aromatic N) is 2. The molecule has 1 aromatic carbocycles. The van der Waals surface area contributed by atoms with Crippen molar-refractivity contribution >= 4 is 5.91 Å². The van der Waals surface area contributed by atoms with Gasteiger partial charge in [-0.05, 0) is 11.6 Å². The number of ether oxygens (including phenoxy) is 1. The smallest absolute Gasteiger partial charge is 0.378 e. The average molecular weight is 357 g/mol. The van der Waals surface area contributed by atoms with Gasteiger partial charge in [-0.2, -0.15) is 13.2 Å². The van der Waals surface area contributed by atoms with E-state index in [0.29, 0.717) is 58.0 Å². The summed E-state index contributed by atoms with van der Waals surface area (Å²) in [7, 11) is 0. The van der Waals surface area contributed by atoms with Crippen molar-refractivity contribution in [3.05, 3.63) is 35.4 Å². The molecule has 25 heavy (non-hydrogen) atoms. The first kappa shape index (κ1) is 18.2. The summed E-state index contributed by atoms with van der Waals surface area (Å²) >= 11 is 0. The van der Waals surface area contributed by atoms with E-state index in [1.165, 1.54) is 12.1 Å². The maximum Gasteiger partial charge on any atom is 0.416 e. The second-order valence-corrected chi connectivity index (χ2v) is 6.38. The largest absolute Gasteiger partial charge is 0.416 e.